The van der Waals surface area contributed by atoms with Gasteiger partial charge in [-0.1, -0.05) is 30.0 Å². The zero-order valence-electron chi connectivity index (χ0n) is 10.8. The van der Waals surface area contributed by atoms with Crippen LogP contribution in [-0.4, -0.2) is 30.3 Å². The molecular weight excluding hydrogens is 270 g/mol. The van der Waals surface area contributed by atoms with Gasteiger partial charge in [0, 0.05) is 12.7 Å². The van der Waals surface area contributed by atoms with E-state index in [1.54, 1.807) is 25.1 Å². The van der Waals surface area contributed by atoms with Gasteiger partial charge in [-0.3, -0.25) is 0 Å². The van der Waals surface area contributed by atoms with Crippen LogP contribution in [0, 0.1) is 5.82 Å². The van der Waals surface area contributed by atoms with Gasteiger partial charge >= 0.3 is 0 Å². The Bertz CT molecular complexity index is 497. The number of aliphatic imine (C=N–C) groups is 1. The number of alkyl halides is 1. The van der Waals surface area contributed by atoms with Crippen LogP contribution >= 0.6 is 11.8 Å². The predicted octanol–water partition coefficient (Wildman–Crippen LogP) is 2.46. The second-order valence-electron chi connectivity index (χ2n) is 4.59. The van der Waals surface area contributed by atoms with Crippen LogP contribution < -0.4 is 5.73 Å². The monoisotopic (exact) mass is 286 g/mol. The molecule has 0 aromatic heterocycles. The molecule has 3 atom stereocenters. The van der Waals surface area contributed by atoms with E-state index in [0.717, 1.165) is 11.8 Å². The first-order valence-corrected chi connectivity index (χ1v) is 6.77. The van der Waals surface area contributed by atoms with Crippen molar-refractivity contribution in [3.05, 3.63) is 35.6 Å². The molecule has 1 heterocycles. The average Bonchev–Trinajstić information content (AvgIpc) is 2.36. The number of rotatable bonds is 3. The van der Waals surface area contributed by atoms with Crippen molar-refractivity contribution in [3.8, 4) is 0 Å². The van der Waals surface area contributed by atoms with Crippen LogP contribution in [0.5, 0.6) is 0 Å². The summed E-state index contributed by atoms with van der Waals surface area (Å²) in [4.78, 5) is 4.15. The fourth-order valence-electron chi connectivity index (χ4n) is 2.26. The summed E-state index contributed by atoms with van der Waals surface area (Å²) in [5, 5.41) is -0.242. The highest BCUT2D eigenvalue weighted by Gasteiger charge is 2.46. The number of nitrogens with two attached hydrogens (primary N) is 1. The second kappa shape index (κ2) is 5.46. The lowest BCUT2D eigenvalue weighted by Crippen LogP contribution is -2.46. The number of methoxy groups -OCH3 is 1. The third-order valence-corrected chi connectivity index (χ3v) is 4.24. The summed E-state index contributed by atoms with van der Waals surface area (Å²) >= 11 is 1.13. The highest BCUT2D eigenvalue weighted by Crippen LogP contribution is 2.41. The average molecular weight is 286 g/mol. The van der Waals surface area contributed by atoms with E-state index in [2.05, 4.69) is 4.99 Å². The lowest BCUT2D eigenvalue weighted by Gasteiger charge is -2.37. The Kier molecular flexibility index (Phi) is 4.10. The Hall–Kier alpha value is -1.14. The topological polar surface area (TPSA) is 47.6 Å². The molecule has 104 valence electrons. The van der Waals surface area contributed by atoms with Gasteiger partial charge in [-0.25, -0.2) is 13.8 Å². The first-order chi connectivity index (χ1) is 8.99. The standard InChI is InChI=1S/C13H16F2N2OS/c1-13(8-5-3-4-6-9(8)14)11(15)10(7-18-2)19-12(16)17-13/h3-6,10-11H,7H2,1-2H3,(H2,16,17)/t10-,11+,13-/m1/s1. The lowest BCUT2D eigenvalue weighted by molar-refractivity contribution is 0.129. The molecule has 6 heteroatoms. The van der Waals surface area contributed by atoms with Gasteiger partial charge in [0.15, 0.2) is 5.17 Å². The van der Waals surface area contributed by atoms with Gasteiger partial charge in [0.1, 0.15) is 17.5 Å². The SMILES string of the molecule is COC[C@H]1SC(N)=N[C@](C)(c2ccccc2F)[C@H]1F. The summed E-state index contributed by atoms with van der Waals surface area (Å²) in [6.07, 6.45) is -1.37. The molecule has 1 aliphatic heterocycles. The largest absolute Gasteiger partial charge is 0.383 e. The van der Waals surface area contributed by atoms with Crippen LogP contribution in [-0.2, 0) is 10.3 Å². The second-order valence-corrected chi connectivity index (χ2v) is 5.85. The Morgan fingerprint density at radius 1 is 1.47 bits per heavy atom. The van der Waals surface area contributed by atoms with E-state index in [0.29, 0.717) is 0 Å². The van der Waals surface area contributed by atoms with Crippen molar-refractivity contribution < 1.29 is 13.5 Å². The smallest absolute Gasteiger partial charge is 0.155 e. The first-order valence-electron chi connectivity index (χ1n) is 5.89. The van der Waals surface area contributed by atoms with Crippen LogP contribution in [0.15, 0.2) is 29.3 Å². The number of amidine groups is 1. The first kappa shape index (κ1) is 14.3. The van der Waals surface area contributed by atoms with Crippen molar-refractivity contribution in [2.24, 2.45) is 10.7 Å². The summed E-state index contributed by atoms with van der Waals surface area (Å²) in [6, 6.07) is 6.06. The third-order valence-electron chi connectivity index (χ3n) is 3.23. The summed E-state index contributed by atoms with van der Waals surface area (Å²) < 4.78 is 33.6. The number of hydrogen-bond donors (Lipinski definition) is 1. The fraction of sp³-hybridized carbons (Fsp3) is 0.462. The molecule has 0 aliphatic carbocycles. The van der Waals surface area contributed by atoms with E-state index < -0.39 is 22.8 Å². The fourth-order valence-corrected chi connectivity index (χ4v) is 3.40. The third kappa shape index (κ3) is 2.60. The van der Waals surface area contributed by atoms with Crippen molar-refractivity contribution in [1.82, 2.24) is 0 Å². The van der Waals surface area contributed by atoms with Crippen molar-refractivity contribution in [2.75, 3.05) is 13.7 Å². The van der Waals surface area contributed by atoms with Gasteiger partial charge in [-0.2, -0.15) is 0 Å². The normalized spacial score (nSPS) is 31.1. The highest BCUT2D eigenvalue weighted by molar-refractivity contribution is 8.14. The number of thioether (sulfide) groups is 1. The van der Waals surface area contributed by atoms with Crippen LogP contribution in [0.4, 0.5) is 8.78 Å². The Labute approximate surface area is 115 Å². The van der Waals surface area contributed by atoms with Crippen molar-refractivity contribution in [1.29, 1.82) is 0 Å². The molecule has 0 fully saturated rings. The number of ether oxygens (including phenoxy) is 1. The highest BCUT2D eigenvalue weighted by atomic mass is 32.2. The van der Waals surface area contributed by atoms with Crippen LogP contribution in [0.25, 0.3) is 0 Å². The van der Waals surface area contributed by atoms with Gasteiger partial charge in [0.25, 0.3) is 0 Å². The summed E-state index contributed by atoms with van der Waals surface area (Å²) in [7, 11) is 1.50. The van der Waals surface area contributed by atoms with Crippen molar-refractivity contribution in [3.63, 3.8) is 0 Å². The molecule has 1 aromatic carbocycles. The quantitative estimate of drug-likeness (QED) is 0.928. The molecule has 0 amide bonds. The Balaban J connectivity index is 2.46. The predicted molar refractivity (Wildman–Crippen MR) is 73.5 cm³/mol. The van der Waals surface area contributed by atoms with E-state index in [-0.39, 0.29) is 17.3 Å². The number of halogens is 2. The molecule has 1 aromatic rings. The summed E-state index contributed by atoms with van der Waals surface area (Å²) in [5.74, 6) is -0.479. The molecule has 19 heavy (non-hydrogen) atoms. The van der Waals surface area contributed by atoms with Gasteiger partial charge < -0.3 is 10.5 Å². The molecule has 0 bridgehead atoms. The number of nitrogens with zero attached hydrogens (tertiary/aromatic N) is 1. The van der Waals surface area contributed by atoms with Crippen LogP contribution in [0.3, 0.4) is 0 Å². The zero-order valence-corrected chi connectivity index (χ0v) is 11.6. The minimum absolute atomic E-state index is 0.200. The van der Waals surface area contributed by atoms with Gasteiger partial charge in [-0.15, -0.1) is 0 Å². The van der Waals surface area contributed by atoms with Crippen molar-refractivity contribution >= 4 is 16.9 Å². The van der Waals surface area contributed by atoms with E-state index in [9.17, 15) is 8.78 Å². The number of hydrogen-bond acceptors (Lipinski definition) is 4. The van der Waals surface area contributed by atoms with E-state index in [1.807, 2.05) is 0 Å². The van der Waals surface area contributed by atoms with Gasteiger partial charge in [0.2, 0.25) is 0 Å². The Morgan fingerprint density at radius 2 is 2.16 bits per heavy atom. The molecule has 0 saturated carbocycles. The molecule has 0 radical (unpaired) electrons. The molecule has 2 N–H and O–H groups in total. The maximum atomic E-state index is 14.7. The van der Waals surface area contributed by atoms with E-state index >= 15 is 0 Å². The maximum Gasteiger partial charge on any atom is 0.155 e. The van der Waals surface area contributed by atoms with Crippen LogP contribution in [0.1, 0.15) is 12.5 Å². The maximum absolute atomic E-state index is 14.7. The van der Waals surface area contributed by atoms with Gasteiger partial charge in [0.05, 0.1) is 11.9 Å². The number of benzene rings is 1. The van der Waals surface area contributed by atoms with Crippen molar-refractivity contribution in [2.45, 2.75) is 23.9 Å². The molecule has 3 nitrogen and oxygen atoms in total. The Morgan fingerprint density at radius 3 is 2.79 bits per heavy atom. The molecule has 2 rings (SSSR count). The molecular formula is C13H16F2N2OS. The zero-order chi connectivity index (χ0) is 14.0. The summed E-state index contributed by atoms with van der Waals surface area (Å²) in [5.41, 5.74) is 4.65. The minimum Gasteiger partial charge on any atom is -0.383 e. The molecule has 0 unspecified atom stereocenters. The lowest BCUT2D eigenvalue weighted by atomic mass is 9.85. The van der Waals surface area contributed by atoms with E-state index in [4.69, 9.17) is 10.5 Å². The summed E-state index contributed by atoms with van der Waals surface area (Å²) in [6.45, 7) is 1.76. The molecule has 0 saturated heterocycles. The molecule has 1 aliphatic rings. The minimum atomic E-state index is -1.37. The van der Waals surface area contributed by atoms with Gasteiger partial charge in [-0.05, 0) is 13.0 Å². The molecule has 0 spiro atoms. The van der Waals surface area contributed by atoms with E-state index in [1.165, 1.54) is 13.2 Å². The van der Waals surface area contributed by atoms with Crippen LogP contribution in [0.2, 0.25) is 0 Å².